The van der Waals surface area contributed by atoms with Crippen molar-refractivity contribution in [2.24, 2.45) is 0 Å². The Morgan fingerprint density at radius 1 is 1.03 bits per heavy atom. The number of benzene rings is 2. The predicted molar refractivity (Wildman–Crippen MR) is 116 cm³/mol. The van der Waals surface area contributed by atoms with Crippen LogP contribution < -0.4 is 10.0 Å². The molecule has 2 aromatic carbocycles. The fourth-order valence-electron chi connectivity index (χ4n) is 2.77. The van der Waals surface area contributed by atoms with Crippen LogP contribution in [0.15, 0.2) is 41.3 Å². The fourth-order valence-corrected chi connectivity index (χ4v) is 4.16. The number of nitrogens with one attached hydrogen (secondary N) is 2. The lowest BCUT2D eigenvalue weighted by molar-refractivity contribution is 0.0757. The maximum atomic E-state index is 13.0. The molecule has 0 spiro atoms. The molecule has 0 saturated carbocycles. The van der Waals surface area contributed by atoms with E-state index in [1.807, 2.05) is 39.8 Å². The lowest BCUT2D eigenvalue weighted by Gasteiger charge is -2.14. The van der Waals surface area contributed by atoms with Gasteiger partial charge in [0.15, 0.2) is 0 Å². The zero-order valence-electron chi connectivity index (χ0n) is 17.7. The van der Waals surface area contributed by atoms with Crippen molar-refractivity contribution in [2.75, 3.05) is 17.9 Å². The van der Waals surface area contributed by atoms with E-state index in [-0.39, 0.29) is 16.9 Å². The molecule has 0 fully saturated rings. The van der Waals surface area contributed by atoms with Crippen molar-refractivity contribution in [3.8, 4) is 0 Å². The molecule has 2 aromatic rings. The highest BCUT2D eigenvalue weighted by atomic mass is 32.2. The molecule has 6 nitrogen and oxygen atoms in total. The number of anilines is 1. The van der Waals surface area contributed by atoms with Gasteiger partial charge in [0.05, 0.1) is 16.7 Å². The third-order valence-corrected chi connectivity index (χ3v) is 5.94. The topological polar surface area (TPSA) is 84.5 Å². The van der Waals surface area contributed by atoms with Crippen molar-refractivity contribution in [2.45, 2.75) is 52.0 Å². The number of hydrogen-bond acceptors (Lipinski definition) is 4. The first-order valence-corrected chi connectivity index (χ1v) is 11.2. The number of carbonyl (C=O) groups is 1. The number of carbonyl (C=O) groups excluding carboxylic acids is 1. The number of rotatable bonds is 9. The summed E-state index contributed by atoms with van der Waals surface area (Å²) < 4.78 is 34.0. The van der Waals surface area contributed by atoms with Gasteiger partial charge in [-0.15, -0.1) is 0 Å². The van der Waals surface area contributed by atoms with Gasteiger partial charge in [0.25, 0.3) is 15.9 Å². The third-order valence-electron chi connectivity index (χ3n) is 4.44. The largest absolute Gasteiger partial charge is 0.379 e. The van der Waals surface area contributed by atoms with Gasteiger partial charge in [-0.25, -0.2) is 8.42 Å². The number of amides is 1. The Balaban J connectivity index is 2.14. The maximum Gasteiger partial charge on any atom is 0.262 e. The van der Waals surface area contributed by atoms with E-state index in [9.17, 15) is 13.2 Å². The second-order valence-electron chi connectivity index (χ2n) is 7.43. The van der Waals surface area contributed by atoms with Crippen LogP contribution in [0.5, 0.6) is 0 Å². The second kappa shape index (κ2) is 9.89. The van der Waals surface area contributed by atoms with Crippen molar-refractivity contribution in [3.63, 3.8) is 0 Å². The van der Waals surface area contributed by atoms with Crippen molar-refractivity contribution >= 4 is 21.6 Å². The van der Waals surface area contributed by atoms with Crippen LogP contribution in [0.2, 0.25) is 0 Å². The molecule has 1 amide bonds. The lowest BCUT2D eigenvalue weighted by Crippen LogP contribution is -2.26. The molecule has 0 aromatic heterocycles. The standard InChI is InChI=1S/C22H30N2O4S/c1-15(2)28-12-6-11-23-22(25)19-10-9-18(5)21(14-19)29(26,27)24-20-13-16(3)7-8-17(20)4/h7-10,13-15,24H,6,11-12H2,1-5H3,(H,23,25). The van der Waals surface area contributed by atoms with E-state index in [1.54, 1.807) is 25.1 Å². The van der Waals surface area contributed by atoms with Crippen molar-refractivity contribution < 1.29 is 17.9 Å². The quantitative estimate of drug-likeness (QED) is 0.604. The molecule has 0 bridgehead atoms. The first-order chi connectivity index (χ1) is 13.6. The highest BCUT2D eigenvalue weighted by molar-refractivity contribution is 7.92. The smallest absolute Gasteiger partial charge is 0.262 e. The average molecular weight is 419 g/mol. The van der Waals surface area contributed by atoms with Crippen LogP contribution in [0.1, 0.15) is 47.3 Å². The number of ether oxygens (including phenoxy) is 1. The van der Waals surface area contributed by atoms with Crippen LogP contribution >= 0.6 is 0 Å². The molecule has 0 atom stereocenters. The Kier molecular flexibility index (Phi) is 7.81. The van der Waals surface area contributed by atoms with Gasteiger partial charge in [-0.1, -0.05) is 18.2 Å². The van der Waals surface area contributed by atoms with E-state index < -0.39 is 10.0 Å². The van der Waals surface area contributed by atoms with Crippen LogP contribution in [0.4, 0.5) is 5.69 Å². The number of sulfonamides is 1. The van der Waals surface area contributed by atoms with Crippen molar-refractivity contribution in [1.82, 2.24) is 5.32 Å². The van der Waals surface area contributed by atoms with Crippen molar-refractivity contribution in [1.29, 1.82) is 0 Å². The monoisotopic (exact) mass is 418 g/mol. The summed E-state index contributed by atoms with van der Waals surface area (Å²) in [5.74, 6) is -0.308. The van der Waals surface area contributed by atoms with Crippen molar-refractivity contribution in [3.05, 3.63) is 58.7 Å². The average Bonchev–Trinajstić information content (AvgIpc) is 2.64. The highest BCUT2D eigenvalue weighted by Gasteiger charge is 2.20. The van der Waals surface area contributed by atoms with Crippen LogP contribution in [-0.4, -0.2) is 33.6 Å². The second-order valence-corrected chi connectivity index (χ2v) is 9.08. The summed E-state index contributed by atoms with van der Waals surface area (Å²) in [5, 5.41) is 2.80. The van der Waals surface area contributed by atoms with Gasteiger partial charge >= 0.3 is 0 Å². The third kappa shape index (κ3) is 6.58. The Labute approximate surface area is 173 Å². The van der Waals surface area contributed by atoms with Gasteiger partial charge in [0.2, 0.25) is 0 Å². The lowest BCUT2D eigenvalue weighted by atomic mass is 10.1. The van der Waals surface area contributed by atoms with Crippen LogP contribution in [0.3, 0.4) is 0 Å². The van der Waals surface area contributed by atoms with Crippen LogP contribution in [0, 0.1) is 20.8 Å². The number of aryl methyl sites for hydroxylation is 3. The maximum absolute atomic E-state index is 13.0. The molecule has 0 heterocycles. The van der Waals surface area contributed by atoms with Crippen LogP contribution in [0.25, 0.3) is 0 Å². The molecule has 158 valence electrons. The predicted octanol–water partition coefficient (Wildman–Crippen LogP) is 3.96. The summed E-state index contributed by atoms with van der Waals surface area (Å²) >= 11 is 0. The fraction of sp³-hybridized carbons (Fsp3) is 0.409. The minimum absolute atomic E-state index is 0.0918. The first-order valence-electron chi connectivity index (χ1n) is 9.70. The molecular weight excluding hydrogens is 388 g/mol. The molecule has 7 heteroatoms. The van der Waals surface area contributed by atoms with Gasteiger partial charge in [-0.05, 0) is 75.9 Å². The van der Waals surface area contributed by atoms with Gasteiger partial charge in [-0.3, -0.25) is 9.52 Å². The van der Waals surface area contributed by atoms with E-state index >= 15 is 0 Å². The SMILES string of the molecule is Cc1ccc(C)c(NS(=O)(=O)c2cc(C(=O)NCCCOC(C)C)ccc2C)c1. The highest BCUT2D eigenvalue weighted by Crippen LogP contribution is 2.23. The molecule has 29 heavy (non-hydrogen) atoms. The molecule has 0 radical (unpaired) electrons. The Hall–Kier alpha value is -2.38. The van der Waals surface area contributed by atoms with Crippen LogP contribution in [-0.2, 0) is 14.8 Å². The summed E-state index contributed by atoms with van der Waals surface area (Å²) in [4.78, 5) is 12.5. The molecule has 0 saturated heterocycles. The molecule has 2 N–H and O–H groups in total. The molecule has 0 aliphatic rings. The molecule has 0 aliphatic carbocycles. The molecule has 2 rings (SSSR count). The summed E-state index contributed by atoms with van der Waals surface area (Å²) in [6.45, 7) is 10.4. The first kappa shape index (κ1) is 22.9. The van der Waals surface area contributed by atoms with E-state index in [0.717, 1.165) is 11.1 Å². The van der Waals surface area contributed by atoms with Gasteiger partial charge in [0, 0.05) is 18.7 Å². The van der Waals surface area contributed by atoms with E-state index in [4.69, 9.17) is 4.74 Å². The summed E-state index contributed by atoms with van der Waals surface area (Å²) in [5.41, 5.74) is 3.20. The van der Waals surface area contributed by atoms with Gasteiger partial charge in [0.1, 0.15) is 0 Å². The van der Waals surface area contributed by atoms with Gasteiger partial charge in [-0.2, -0.15) is 0 Å². The zero-order chi connectivity index (χ0) is 21.6. The summed E-state index contributed by atoms with van der Waals surface area (Å²) in [7, 11) is -3.83. The Morgan fingerprint density at radius 3 is 2.41 bits per heavy atom. The van der Waals surface area contributed by atoms with E-state index in [2.05, 4.69) is 10.0 Å². The molecular formula is C22H30N2O4S. The van der Waals surface area contributed by atoms with E-state index in [1.165, 1.54) is 6.07 Å². The minimum atomic E-state index is -3.83. The molecule has 0 unspecified atom stereocenters. The minimum Gasteiger partial charge on any atom is -0.379 e. The normalized spacial score (nSPS) is 11.5. The Bertz CT molecular complexity index is 969. The van der Waals surface area contributed by atoms with E-state index in [0.29, 0.717) is 36.4 Å². The summed E-state index contributed by atoms with van der Waals surface area (Å²) in [6.07, 6.45) is 0.842. The number of hydrogen-bond donors (Lipinski definition) is 2. The molecule has 0 aliphatic heterocycles. The zero-order valence-corrected chi connectivity index (χ0v) is 18.5. The van der Waals surface area contributed by atoms with Gasteiger partial charge < -0.3 is 10.1 Å². The Morgan fingerprint density at radius 2 is 1.72 bits per heavy atom. The summed E-state index contributed by atoms with van der Waals surface area (Å²) in [6, 6.07) is 10.3.